The summed E-state index contributed by atoms with van der Waals surface area (Å²) in [7, 11) is -3.37. The van der Waals surface area contributed by atoms with E-state index in [1.807, 2.05) is 0 Å². The molecule has 0 spiro atoms. The van der Waals surface area contributed by atoms with Gasteiger partial charge in [0, 0.05) is 11.6 Å². The maximum Gasteiger partial charge on any atom is 0.352 e. The van der Waals surface area contributed by atoms with Crippen LogP contribution in [0.1, 0.15) is 31.4 Å². The van der Waals surface area contributed by atoms with Gasteiger partial charge in [0.1, 0.15) is 5.82 Å². The second kappa shape index (κ2) is 7.64. The number of esters is 1. The Labute approximate surface area is 155 Å². The lowest BCUT2D eigenvalue weighted by Gasteiger charge is -2.18. The molecule has 27 heavy (non-hydrogen) atoms. The van der Waals surface area contributed by atoms with Crippen molar-refractivity contribution in [3.63, 3.8) is 0 Å². The average molecular weight is 396 g/mol. The van der Waals surface area contributed by atoms with Crippen molar-refractivity contribution in [2.24, 2.45) is 0 Å². The predicted molar refractivity (Wildman–Crippen MR) is 93.0 cm³/mol. The smallest absolute Gasteiger partial charge is 0.352 e. The Morgan fingerprint density at radius 2 is 1.81 bits per heavy atom. The van der Waals surface area contributed by atoms with E-state index >= 15 is 0 Å². The number of benzene rings is 2. The molecule has 2 aromatic rings. The number of ether oxygens (including phenoxy) is 2. The standard InChI is InChI=1S/C19H18F2O5S/c1-2-25-19(22)18(26-17-10-5-13(20)11-16(17)21)12-3-6-14(7-4-12)27(23,24)15-8-9-15/h3-7,10-11,15,18H,2,8-9H2,1H3. The summed E-state index contributed by atoms with van der Waals surface area (Å²) in [5, 5.41) is -0.353. The van der Waals surface area contributed by atoms with Crippen molar-refractivity contribution >= 4 is 15.8 Å². The SMILES string of the molecule is CCOC(=O)C(Oc1ccc(F)cc1F)c1ccc(S(=O)(=O)C2CC2)cc1. The molecule has 1 atom stereocenters. The topological polar surface area (TPSA) is 69.7 Å². The second-order valence-electron chi connectivity index (χ2n) is 6.14. The van der Waals surface area contributed by atoms with Crippen molar-refractivity contribution < 1.29 is 31.5 Å². The Balaban J connectivity index is 1.89. The van der Waals surface area contributed by atoms with Gasteiger partial charge >= 0.3 is 5.97 Å². The van der Waals surface area contributed by atoms with Gasteiger partial charge in [0.05, 0.1) is 16.8 Å². The molecule has 0 N–H and O–H groups in total. The van der Waals surface area contributed by atoms with Crippen LogP contribution in [0, 0.1) is 11.6 Å². The van der Waals surface area contributed by atoms with E-state index in [1.165, 1.54) is 24.3 Å². The zero-order valence-corrected chi connectivity index (χ0v) is 15.3. The molecule has 2 aromatic carbocycles. The molecule has 144 valence electrons. The summed E-state index contributed by atoms with van der Waals surface area (Å²) >= 11 is 0. The summed E-state index contributed by atoms with van der Waals surface area (Å²) in [6, 6.07) is 8.35. The van der Waals surface area contributed by atoms with E-state index in [0.29, 0.717) is 24.5 Å². The van der Waals surface area contributed by atoms with Gasteiger partial charge in [-0.25, -0.2) is 22.0 Å². The third-order valence-corrected chi connectivity index (χ3v) is 6.39. The highest BCUT2D eigenvalue weighted by Crippen LogP contribution is 2.34. The zero-order valence-electron chi connectivity index (χ0n) is 14.5. The molecule has 1 saturated carbocycles. The largest absolute Gasteiger partial charge is 0.471 e. The maximum atomic E-state index is 13.9. The summed E-state index contributed by atoms with van der Waals surface area (Å²) in [4.78, 5) is 12.4. The Morgan fingerprint density at radius 1 is 1.15 bits per heavy atom. The molecule has 1 fully saturated rings. The van der Waals surface area contributed by atoms with Crippen molar-refractivity contribution in [2.45, 2.75) is 36.0 Å². The lowest BCUT2D eigenvalue weighted by Crippen LogP contribution is -2.22. The van der Waals surface area contributed by atoms with Crippen LogP contribution < -0.4 is 4.74 Å². The number of rotatable bonds is 7. The molecule has 0 saturated heterocycles. The third-order valence-electron chi connectivity index (χ3n) is 4.11. The normalized spacial score (nSPS) is 15.2. The van der Waals surface area contributed by atoms with Gasteiger partial charge in [-0.2, -0.15) is 0 Å². The van der Waals surface area contributed by atoms with Crippen LogP contribution in [0.25, 0.3) is 0 Å². The number of carbonyl (C=O) groups is 1. The molecule has 0 aliphatic heterocycles. The first-order valence-corrected chi connectivity index (χ1v) is 9.99. The highest BCUT2D eigenvalue weighted by Gasteiger charge is 2.37. The molecular formula is C19H18F2O5S. The molecule has 3 rings (SSSR count). The number of halogens is 2. The van der Waals surface area contributed by atoms with Crippen molar-refractivity contribution in [3.05, 3.63) is 59.7 Å². The minimum Gasteiger partial charge on any atom is -0.471 e. The molecule has 0 bridgehead atoms. The molecule has 0 amide bonds. The Kier molecular flexibility index (Phi) is 5.46. The molecule has 5 nitrogen and oxygen atoms in total. The van der Waals surface area contributed by atoms with Gasteiger partial charge in [0.2, 0.25) is 6.10 Å². The predicted octanol–water partition coefficient (Wildman–Crippen LogP) is 3.58. The van der Waals surface area contributed by atoms with Gasteiger partial charge in [0.25, 0.3) is 0 Å². The fraction of sp³-hybridized carbons (Fsp3) is 0.316. The van der Waals surface area contributed by atoms with E-state index in [1.54, 1.807) is 6.92 Å². The fourth-order valence-corrected chi connectivity index (χ4v) is 4.23. The first-order valence-electron chi connectivity index (χ1n) is 8.45. The van der Waals surface area contributed by atoms with Crippen LogP contribution in [-0.2, 0) is 19.4 Å². The van der Waals surface area contributed by atoms with Gasteiger partial charge in [-0.15, -0.1) is 0 Å². The van der Waals surface area contributed by atoms with Gasteiger partial charge in [-0.1, -0.05) is 12.1 Å². The van der Waals surface area contributed by atoms with E-state index in [0.717, 1.165) is 12.1 Å². The van der Waals surface area contributed by atoms with Crippen molar-refractivity contribution in [2.75, 3.05) is 6.61 Å². The van der Waals surface area contributed by atoms with Crippen LogP contribution in [0.2, 0.25) is 0 Å². The van der Waals surface area contributed by atoms with E-state index < -0.39 is 33.5 Å². The average Bonchev–Trinajstić information content (AvgIpc) is 3.47. The van der Waals surface area contributed by atoms with Crippen LogP contribution in [0.5, 0.6) is 5.75 Å². The molecule has 0 heterocycles. The molecule has 1 aliphatic carbocycles. The van der Waals surface area contributed by atoms with Crippen LogP contribution in [-0.4, -0.2) is 26.2 Å². The van der Waals surface area contributed by atoms with E-state index in [-0.39, 0.29) is 22.5 Å². The summed E-state index contributed by atoms with van der Waals surface area (Å²) in [5.41, 5.74) is 0.298. The quantitative estimate of drug-likeness (QED) is 0.669. The molecule has 0 radical (unpaired) electrons. The monoisotopic (exact) mass is 396 g/mol. The summed E-state index contributed by atoms with van der Waals surface area (Å²) in [6.07, 6.45) is -0.0343. The fourth-order valence-electron chi connectivity index (χ4n) is 2.57. The minimum atomic E-state index is -3.37. The Hall–Kier alpha value is -2.48. The Morgan fingerprint density at radius 3 is 2.37 bits per heavy atom. The maximum absolute atomic E-state index is 13.9. The molecule has 8 heteroatoms. The number of carbonyl (C=O) groups excluding carboxylic acids is 1. The van der Waals surface area contributed by atoms with Gasteiger partial charge in [-0.05, 0) is 44.0 Å². The summed E-state index contributed by atoms with van der Waals surface area (Å²) in [6.45, 7) is 1.69. The summed E-state index contributed by atoms with van der Waals surface area (Å²) in [5.74, 6) is -2.82. The lowest BCUT2D eigenvalue weighted by molar-refractivity contribution is -0.151. The first-order chi connectivity index (χ1) is 12.8. The van der Waals surface area contributed by atoms with Crippen LogP contribution in [0.3, 0.4) is 0 Å². The molecule has 1 unspecified atom stereocenters. The van der Waals surface area contributed by atoms with E-state index in [4.69, 9.17) is 9.47 Å². The highest BCUT2D eigenvalue weighted by molar-refractivity contribution is 7.92. The van der Waals surface area contributed by atoms with E-state index in [9.17, 15) is 22.0 Å². The third kappa shape index (κ3) is 4.27. The summed E-state index contributed by atoms with van der Waals surface area (Å²) < 4.78 is 61.9. The van der Waals surface area contributed by atoms with Gasteiger partial charge in [0.15, 0.2) is 21.4 Å². The van der Waals surface area contributed by atoms with Gasteiger partial charge in [-0.3, -0.25) is 0 Å². The second-order valence-corrected chi connectivity index (χ2v) is 8.37. The number of hydrogen-bond acceptors (Lipinski definition) is 5. The molecular weight excluding hydrogens is 378 g/mol. The lowest BCUT2D eigenvalue weighted by atomic mass is 10.1. The minimum absolute atomic E-state index is 0.0821. The zero-order chi connectivity index (χ0) is 19.6. The van der Waals surface area contributed by atoms with E-state index in [2.05, 4.69) is 0 Å². The highest BCUT2D eigenvalue weighted by atomic mass is 32.2. The molecule has 0 aromatic heterocycles. The Bertz CT molecular complexity index is 937. The van der Waals surface area contributed by atoms with Gasteiger partial charge < -0.3 is 9.47 Å². The number of sulfone groups is 1. The van der Waals surface area contributed by atoms with Crippen LogP contribution >= 0.6 is 0 Å². The number of hydrogen-bond donors (Lipinski definition) is 0. The van der Waals surface area contributed by atoms with Crippen molar-refractivity contribution in [1.29, 1.82) is 0 Å². The van der Waals surface area contributed by atoms with Crippen LogP contribution in [0.15, 0.2) is 47.4 Å². The van der Waals surface area contributed by atoms with Crippen molar-refractivity contribution in [1.82, 2.24) is 0 Å². The van der Waals surface area contributed by atoms with Crippen molar-refractivity contribution in [3.8, 4) is 5.75 Å². The first kappa shape index (κ1) is 19.3. The van der Waals surface area contributed by atoms with Crippen LogP contribution in [0.4, 0.5) is 8.78 Å². The molecule has 1 aliphatic rings.